The molecule has 0 fully saturated rings. The van der Waals surface area contributed by atoms with Crippen LogP contribution in [0, 0.1) is 0 Å². The minimum Gasteiger partial charge on any atom is -0.451 e. The number of rotatable bonds is 3. The van der Waals surface area contributed by atoms with Crippen LogP contribution in [0.3, 0.4) is 0 Å². The molecule has 0 atom stereocenters. The first-order valence-electron chi connectivity index (χ1n) is 7.29. The lowest BCUT2D eigenvalue weighted by Gasteiger charge is -2.05. The van der Waals surface area contributed by atoms with E-state index in [0.717, 1.165) is 21.1 Å². The molecule has 6 heteroatoms. The summed E-state index contributed by atoms with van der Waals surface area (Å²) in [5.41, 5.74) is 3.20. The van der Waals surface area contributed by atoms with E-state index in [1.54, 1.807) is 12.3 Å². The van der Waals surface area contributed by atoms with E-state index in [1.807, 2.05) is 48.5 Å². The van der Waals surface area contributed by atoms with Gasteiger partial charge in [-0.15, -0.1) is 0 Å². The van der Waals surface area contributed by atoms with Gasteiger partial charge in [-0.1, -0.05) is 28.1 Å². The molecule has 2 aromatic carbocycles. The maximum Gasteiger partial charge on any atom is 0.291 e. The topological polar surface area (TPSA) is 70.9 Å². The van der Waals surface area contributed by atoms with Gasteiger partial charge >= 0.3 is 0 Å². The molecule has 24 heavy (non-hydrogen) atoms. The summed E-state index contributed by atoms with van der Waals surface area (Å²) >= 11 is 3.41. The van der Waals surface area contributed by atoms with Gasteiger partial charge in [0.15, 0.2) is 5.76 Å². The SMILES string of the molecule is O=C(Nc1cccc(-c2ccn[nH]2)c1)c1cc2cc(Br)ccc2o1. The van der Waals surface area contributed by atoms with Gasteiger partial charge in [-0.05, 0) is 42.5 Å². The summed E-state index contributed by atoms with van der Waals surface area (Å²) in [6, 6.07) is 16.8. The third kappa shape index (κ3) is 2.83. The van der Waals surface area contributed by atoms with Crippen molar-refractivity contribution in [1.29, 1.82) is 0 Å². The highest BCUT2D eigenvalue weighted by Gasteiger charge is 2.13. The van der Waals surface area contributed by atoms with Crippen LogP contribution in [0.2, 0.25) is 0 Å². The highest BCUT2D eigenvalue weighted by molar-refractivity contribution is 9.10. The normalized spacial score (nSPS) is 10.9. The van der Waals surface area contributed by atoms with E-state index in [-0.39, 0.29) is 11.7 Å². The Hall–Kier alpha value is -2.86. The maximum atomic E-state index is 12.4. The predicted octanol–water partition coefficient (Wildman–Crippen LogP) is 4.84. The fraction of sp³-hybridized carbons (Fsp3) is 0. The number of carbonyl (C=O) groups is 1. The zero-order valence-electron chi connectivity index (χ0n) is 12.4. The summed E-state index contributed by atoms with van der Waals surface area (Å²) in [6.45, 7) is 0. The first-order chi connectivity index (χ1) is 11.7. The van der Waals surface area contributed by atoms with Gasteiger partial charge < -0.3 is 9.73 Å². The summed E-state index contributed by atoms with van der Waals surface area (Å²) < 4.78 is 6.55. The van der Waals surface area contributed by atoms with E-state index < -0.39 is 0 Å². The van der Waals surface area contributed by atoms with E-state index in [2.05, 4.69) is 31.4 Å². The summed E-state index contributed by atoms with van der Waals surface area (Å²) in [5, 5.41) is 10.6. The molecule has 0 aliphatic rings. The van der Waals surface area contributed by atoms with Crippen LogP contribution in [0.5, 0.6) is 0 Å². The number of furan rings is 1. The van der Waals surface area contributed by atoms with Crippen LogP contribution in [0.25, 0.3) is 22.2 Å². The number of halogens is 1. The molecule has 4 rings (SSSR count). The smallest absolute Gasteiger partial charge is 0.291 e. The van der Waals surface area contributed by atoms with Crippen molar-refractivity contribution in [2.24, 2.45) is 0 Å². The molecule has 2 N–H and O–H groups in total. The lowest BCUT2D eigenvalue weighted by atomic mass is 10.1. The van der Waals surface area contributed by atoms with Gasteiger partial charge in [0.05, 0.1) is 5.69 Å². The van der Waals surface area contributed by atoms with Gasteiger partial charge in [0.1, 0.15) is 5.58 Å². The van der Waals surface area contributed by atoms with Crippen LogP contribution in [0.4, 0.5) is 5.69 Å². The number of carbonyl (C=O) groups excluding carboxylic acids is 1. The standard InChI is InChI=1S/C18H12BrN3O2/c19-13-4-5-16-12(8-13)10-17(24-16)18(23)21-14-3-1-2-11(9-14)15-6-7-20-22-15/h1-10H,(H,20,22)(H,21,23). The molecular formula is C18H12BrN3O2. The van der Waals surface area contributed by atoms with Crippen molar-refractivity contribution in [3.05, 3.63) is 71.0 Å². The minimum atomic E-state index is -0.288. The molecule has 0 unspecified atom stereocenters. The van der Waals surface area contributed by atoms with Crippen LogP contribution in [-0.2, 0) is 0 Å². The van der Waals surface area contributed by atoms with E-state index >= 15 is 0 Å². The van der Waals surface area contributed by atoms with Crippen molar-refractivity contribution in [1.82, 2.24) is 10.2 Å². The van der Waals surface area contributed by atoms with Crippen molar-refractivity contribution < 1.29 is 9.21 Å². The minimum absolute atomic E-state index is 0.273. The van der Waals surface area contributed by atoms with Crippen LogP contribution >= 0.6 is 15.9 Å². The molecule has 0 aliphatic carbocycles. The second-order valence-corrected chi connectivity index (χ2v) is 6.21. The number of aromatic nitrogens is 2. The van der Waals surface area contributed by atoms with Crippen molar-refractivity contribution >= 4 is 38.5 Å². The average molecular weight is 382 g/mol. The number of hydrogen-bond donors (Lipinski definition) is 2. The largest absolute Gasteiger partial charge is 0.451 e. The highest BCUT2D eigenvalue weighted by Crippen LogP contribution is 2.25. The van der Waals surface area contributed by atoms with E-state index in [0.29, 0.717) is 11.3 Å². The van der Waals surface area contributed by atoms with Gasteiger partial charge in [-0.25, -0.2) is 0 Å². The van der Waals surface area contributed by atoms with Crippen molar-refractivity contribution in [3.63, 3.8) is 0 Å². The van der Waals surface area contributed by atoms with Crippen LogP contribution in [-0.4, -0.2) is 16.1 Å². The Balaban J connectivity index is 1.60. The molecule has 2 heterocycles. The Bertz CT molecular complexity index is 1020. The highest BCUT2D eigenvalue weighted by atomic mass is 79.9. The number of amides is 1. The van der Waals surface area contributed by atoms with Crippen LogP contribution in [0.15, 0.2) is 69.7 Å². The Kier molecular flexibility index (Phi) is 3.66. The summed E-state index contributed by atoms with van der Waals surface area (Å²) in [5.74, 6) is -0.0147. The number of hydrogen-bond acceptors (Lipinski definition) is 3. The van der Waals surface area contributed by atoms with Crippen molar-refractivity contribution in [2.45, 2.75) is 0 Å². The lowest BCUT2D eigenvalue weighted by Crippen LogP contribution is -2.10. The summed E-state index contributed by atoms with van der Waals surface area (Å²) in [4.78, 5) is 12.4. The number of H-pyrrole nitrogens is 1. The fourth-order valence-corrected chi connectivity index (χ4v) is 2.88. The Morgan fingerprint density at radius 1 is 1.12 bits per heavy atom. The Morgan fingerprint density at radius 3 is 2.88 bits per heavy atom. The third-order valence-electron chi connectivity index (χ3n) is 3.63. The molecule has 5 nitrogen and oxygen atoms in total. The second-order valence-electron chi connectivity index (χ2n) is 5.30. The van der Waals surface area contributed by atoms with Gasteiger partial charge in [-0.3, -0.25) is 9.89 Å². The monoisotopic (exact) mass is 381 g/mol. The van der Waals surface area contributed by atoms with Crippen LogP contribution < -0.4 is 5.32 Å². The van der Waals surface area contributed by atoms with E-state index in [1.165, 1.54) is 0 Å². The van der Waals surface area contributed by atoms with Crippen LogP contribution in [0.1, 0.15) is 10.6 Å². The summed E-state index contributed by atoms with van der Waals surface area (Å²) in [6.07, 6.45) is 1.69. The van der Waals surface area contributed by atoms with E-state index in [4.69, 9.17) is 4.42 Å². The number of benzene rings is 2. The molecule has 0 aliphatic heterocycles. The molecule has 4 aromatic rings. The number of aromatic amines is 1. The molecular weight excluding hydrogens is 370 g/mol. The molecule has 1 amide bonds. The molecule has 0 radical (unpaired) electrons. The molecule has 0 saturated carbocycles. The third-order valence-corrected chi connectivity index (χ3v) is 4.13. The number of anilines is 1. The van der Waals surface area contributed by atoms with Gasteiger partial charge in [0.2, 0.25) is 0 Å². The molecule has 118 valence electrons. The van der Waals surface area contributed by atoms with Gasteiger partial charge in [0.25, 0.3) is 5.91 Å². The van der Waals surface area contributed by atoms with E-state index in [9.17, 15) is 4.79 Å². The first-order valence-corrected chi connectivity index (χ1v) is 8.08. The zero-order chi connectivity index (χ0) is 16.5. The quantitative estimate of drug-likeness (QED) is 0.533. The molecule has 0 saturated heterocycles. The summed E-state index contributed by atoms with van der Waals surface area (Å²) in [7, 11) is 0. The number of nitrogens with zero attached hydrogens (tertiary/aromatic N) is 1. The maximum absolute atomic E-state index is 12.4. The number of fused-ring (bicyclic) bond motifs is 1. The Labute approximate surface area is 145 Å². The Morgan fingerprint density at radius 2 is 2.04 bits per heavy atom. The van der Waals surface area contributed by atoms with Gasteiger partial charge in [-0.2, -0.15) is 5.10 Å². The first kappa shape index (κ1) is 14.7. The second kappa shape index (κ2) is 5.98. The molecule has 2 aromatic heterocycles. The van der Waals surface area contributed by atoms with Gasteiger partial charge in [0, 0.05) is 27.3 Å². The predicted molar refractivity (Wildman–Crippen MR) is 95.9 cm³/mol. The van der Waals surface area contributed by atoms with Crippen molar-refractivity contribution in [2.75, 3.05) is 5.32 Å². The fourth-order valence-electron chi connectivity index (χ4n) is 2.50. The average Bonchev–Trinajstić information content (AvgIpc) is 3.24. The number of nitrogens with one attached hydrogen (secondary N) is 2. The molecule has 0 spiro atoms. The zero-order valence-corrected chi connectivity index (χ0v) is 14.0. The lowest BCUT2D eigenvalue weighted by molar-refractivity contribution is 0.0998. The van der Waals surface area contributed by atoms with Crippen molar-refractivity contribution in [3.8, 4) is 11.3 Å². The molecule has 0 bridgehead atoms.